The molecular weight excluding hydrogens is 304 g/mol. The molecular formula is C18H28N4O2. The van der Waals surface area contributed by atoms with E-state index in [0.29, 0.717) is 24.3 Å². The molecule has 2 saturated heterocycles. The topological polar surface area (TPSA) is 58.4 Å². The number of rotatable bonds is 4. The fraction of sp³-hybridized carbons (Fsp3) is 0.722. The largest absolute Gasteiger partial charge is 0.341 e. The van der Waals surface area contributed by atoms with Gasteiger partial charge >= 0.3 is 0 Å². The summed E-state index contributed by atoms with van der Waals surface area (Å²) in [5, 5.41) is 0. The standard InChI is InChI=1S/C18H28N4O2/c1-20-16(4-2-3-5-17(20)23)13-21-10-7-15(8-11-21)12-22-14-19-9-6-18(22)24/h6,9,14-16H,2-5,7-8,10-13H2,1H3. The first-order chi connectivity index (χ1) is 11.6. The minimum Gasteiger partial charge on any atom is -0.341 e. The van der Waals surface area contributed by atoms with Crippen LogP contribution in [0.5, 0.6) is 0 Å². The minimum atomic E-state index is 0.0334. The van der Waals surface area contributed by atoms with Gasteiger partial charge in [-0.15, -0.1) is 0 Å². The van der Waals surface area contributed by atoms with Gasteiger partial charge in [0, 0.05) is 44.9 Å². The number of carbonyl (C=O) groups excluding carboxylic acids is 1. The Morgan fingerprint density at radius 1 is 1.12 bits per heavy atom. The van der Waals surface area contributed by atoms with Crippen LogP contribution < -0.4 is 5.56 Å². The van der Waals surface area contributed by atoms with E-state index in [2.05, 4.69) is 9.88 Å². The summed E-state index contributed by atoms with van der Waals surface area (Å²) in [5.74, 6) is 0.833. The first-order valence-electron chi connectivity index (χ1n) is 9.12. The molecule has 2 aliphatic heterocycles. The van der Waals surface area contributed by atoms with Gasteiger partial charge in [-0.05, 0) is 44.7 Å². The van der Waals surface area contributed by atoms with Crippen LogP contribution in [0.4, 0.5) is 0 Å². The third kappa shape index (κ3) is 4.23. The van der Waals surface area contributed by atoms with Crippen LogP contribution in [0, 0.1) is 5.92 Å². The second kappa shape index (κ2) is 7.92. The molecule has 24 heavy (non-hydrogen) atoms. The molecule has 2 fully saturated rings. The van der Waals surface area contributed by atoms with Gasteiger partial charge in [-0.2, -0.15) is 0 Å². The molecule has 1 atom stereocenters. The van der Waals surface area contributed by atoms with E-state index in [0.717, 1.165) is 58.3 Å². The highest BCUT2D eigenvalue weighted by molar-refractivity contribution is 5.76. The average molecular weight is 332 g/mol. The monoisotopic (exact) mass is 332 g/mol. The normalized spacial score (nSPS) is 24.1. The smallest absolute Gasteiger partial charge is 0.253 e. The molecule has 0 aromatic carbocycles. The lowest BCUT2D eigenvalue weighted by atomic mass is 9.96. The molecule has 1 unspecified atom stereocenters. The molecule has 3 rings (SSSR count). The van der Waals surface area contributed by atoms with Crippen molar-refractivity contribution in [3.8, 4) is 0 Å². The first kappa shape index (κ1) is 17.1. The van der Waals surface area contributed by atoms with E-state index in [4.69, 9.17) is 0 Å². The van der Waals surface area contributed by atoms with E-state index >= 15 is 0 Å². The summed E-state index contributed by atoms with van der Waals surface area (Å²) < 4.78 is 1.72. The van der Waals surface area contributed by atoms with E-state index in [1.165, 1.54) is 6.07 Å². The van der Waals surface area contributed by atoms with Gasteiger partial charge in [0.2, 0.25) is 5.91 Å². The summed E-state index contributed by atoms with van der Waals surface area (Å²) in [6.45, 7) is 3.86. The summed E-state index contributed by atoms with van der Waals surface area (Å²) in [6.07, 6.45) is 9.40. The van der Waals surface area contributed by atoms with Crippen LogP contribution in [0.25, 0.3) is 0 Å². The summed E-state index contributed by atoms with van der Waals surface area (Å²) in [4.78, 5) is 32.3. The molecule has 132 valence electrons. The number of hydrogen-bond acceptors (Lipinski definition) is 4. The zero-order valence-corrected chi connectivity index (χ0v) is 14.6. The van der Waals surface area contributed by atoms with E-state index in [-0.39, 0.29) is 5.56 Å². The maximum absolute atomic E-state index is 12.0. The highest BCUT2D eigenvalue weighted by Crippen LogP contribution is 2.22. The van der Waals surface area contributed by atoms with Crippen LogP contribution >= 0.6 is 0 Å². The van der Waals surface area contributed by atoms with Crippen molar-refractivity contribution in [3.05, 3.63) is 28.9 Å². The third-order valence-corrected chi connectivity index (χ3v) is 5.54. The van der Waals surface area contributed by atoms with E-state index in [9.17, 15) is 9.59 Å². The summed E-state index contributed by atoms with van der Waals surface area (Å²) >= 11 is 0. The predicted octanol–water partition coefficient (Wildman–Crippen LogP) is 1.36. The van der Waals surface area contributed by atoms with Gasteiger partial charge in [-0.25, -0.2) is 4.98 Å². The summed E-state index contributed by atoms with van der Waals surface area (Å²) in [5.41, 5.74) is 0.0334. The van der Waals surface area contributed by atoms with Gasteiger partial charge in [0.25, 0.3) is 5.56 Å². The Kier molecular flexibility index (Phi) is 5.66. The molecule has 6 heteroatoms. The number of carbonyl (C=O) groups is 1. The van der Waals surface area contributed by atoms with E-state index in [1.807, 2.05) is 11.9 Å². The lowest BCUT2D eigenvalue weighted by Gasteiger charge is -2.36. The van der Waals surface area contributed by atoms with Crippen molar-refractivity contribution >= 4 is 5.91 Å². The van der Waals surface area contributed by atoms with Gasteiger partial charge in [0.05, 0.1) is 6.33 Å². The maximum atomic E-state index is 12.0. The Morgan fingerprint density at radius 3 is 2.67 bits per heavy atom. The quantitative estimate of drug-likeness (QED) is 0.835. The molecule has 3 heterocycles. The van der Waals surface area contributed by atoms with Crippen molar-refractivity contribution in [2.75, 3.05) is 26.7 Å². The van der Waals surface area contributed by atoms with Crippen molar-refractivity contribution in [1.82, 2.24) is 19.4 Å². The Morgan fingerprint density at radius 2 is 1.92 bits per heavy atom. The fourth-order valence-corrected chi connectivity index (χ4v) is 3.89. The fourth-order valence-electron chi connectivity index (χ4n) is 3.89. The first-order valence-corrected chi connectivity index (χ1v) is 9.12. The minimum absolute atomic E-state index is 0.0334. The number of aromatic nitrogens is 2. The Hall–Kier alpha value is -1.69. The second-order valence-corrected chi connectivity index (χ2v) is 7.22. The molecule has 0 radical (unpaired) electrons. The SMILES string of the molecule is CN1C(=O)CCCCC1CN1CCC(Cn2cnccc2=O)CC1. The van der Waals surface area contributed by atoms with E-state index in [1.54, 1.807) is 17.1 Å². The van der Waals surface area contributed by atoms with Gasteiger partial charge < -0.3 is 9.80 Å². The Labute approximate surface area is 143 Å². The highest BCUT2D eigenvalue weighted by Gasteiger charge is 2.27. The van der Waals surface area contributed by atoms with Crippen molar-refractivity contribution < 1.29 is 4.79 Å². The van der Waals surface area contributed by atoms with Gasteiger partial charge in [0.15, 0.2) is 0 Å². The molecule has 0 bridgehead atoms. The van der Waals surface area contributed by atoms with Gasteiger partial charge in [0.1, 0.15) is 0 Å². The summed E-state index contributed by atoms with van der Waals surface area (Å²) in [6, 6.07) is 1.88. The second-order valence-electron chi connectivity index (χ2n) is 7.22. The molecule has 0 saturated carbocycles. The van der Waals surface area contributed by atoms with Gasteiger partial charge in [-0.1, -0.05) is 6.42 Å². The number of hydrogen-bond donors (Lipinski definition) is 0. The van der Waals surface area contributed by atoms with Crippen LogP contribution in [0.1, 0.15) is 38.5 Å². The van der Waals surface area contributed by atoms with Crippen LogP contribution in [0.2, 0.25) is 0 Å². The predicted molar refractivity (Wildman–Crippen MR) is 92.7 cm³/mol. The van der Waals surface area contributed by atoms with Crippen molar-refractivity contribution in [2.24, 2.45) is 5.92 Å². The zero-order chi connectivity index (χ0) is 16.9. The molecule has 2 aliphatic rings. The van der Waals surface area contributed by atoms with Crippen LogP contribution in [-0.2, 0) is 11.3 Å². The number of likely N-dealkylation sites (N-methyl/N-ethyl adjacent to an activating group) is 1. The Bertz CT molecular complexity index is 607. The highest BCUT2D eigenvalue weighted by atomic mass is 16.2. The molecule has 0 spiro atoms. The number of amides is 1. The lowest BCUT2D eigenvalue weighted by Crippen LogP contribution is -2.46. The number of likely N-dealkylation sites (tertiary alicyclic amines) is 2. The van der Waals surface area contributed by atoms with Crippen molar-refractivity contribution in [1.29, 1.82) is 0 Å². The maximum Gasteiger partial charge on any atom is 0.253 e. The Balaban J connectivity index is 1.49. The molecule has 1 aromatic heterocycles. The van der Waals surface area contributed by atoms with Crippen molar-refractivity contribution in [2.45, 2.75) is 51.1 Å². The van der Waals surface area contributed by atoms with Crippen molar-refractivity contribution in [3.63, 3.8) is 0 Å². The van der Waals surface area contributed by atoms with Gasteiger partial charge in [-0.3, -0.25) is 14.2 Å². The third-order valence-electron chi connectivity index (χ3n) is 5.54. The average Bonchev–Trinajstić information content (AvgIpc) is 2.74. The molecule has 1 amide bonds. The number of nitrogens with zero attached hydrogens (tertiary/aromatic N) is 4. The molecule has 1 aromatic rings. The number of piperidine rings is 1. The zero-order valence-electron chi connectivity index (χ0n) is 14.6. The van der Waals surface area contributed by atoms with Crippen LogP contribution in [-0.4, -0.2) is 58.0 Å². The summed E-state index contributed by atoms with van der Waals surface area (Å²) in [7, 11) is 1.96. The molecule has 0 aliphatic carbocycles. The molecule has 0 N–H and O–H groups in total. The molecule has 6 nitrogen and oxygen atoms in total. The van der Waals surface area contributed by atoms with Crippen LogP contribution in [0.3, 0.4) is 0 Å². The van der Waals surface area contributed by atoms with Crippen LogP contribution in [0.15, 0.2) is 23.4 Å². The lowest BCUT2D eigenvalue weighted by molar-refractivity contribution is -0.131. The van der Waals surface area contributed by atoms with E-state index < -0.39 is 0 Å².